The van der Waals surface area contributed by atoms with E-state index in [0.717, 1.165) is 17.8 Å². The number of piperidine rings is 1. The van der Waals surface area contributed by atoms with Gasteiger partial charge in [0.25, 0.3) is 0 Å². The van der Waals surface area contributed by atoms with Crippen molar-refractivity contribution in [2.45, 2.75) is 77.7 Å². The Labute approximate surface area is 112 Å². The van der Waals surface area contributed by atoms with Crippen LogP contribution in [0.15, 0.2) is 0 Å². The Morgan fingerprint density at radius 3 is 2.50 bits per heavy atom. The van der Waals surface area contributed by atoms with E-state index in [1.807, 2.05) is 0 Å². The summed E-state index contributed by atoms with van der Waals surface area (Å²) in [6.45, 7) is 10.9. The van der Waals surface area contributed by atoms with Gasteiger partial charge < -0.3 is 4.74 Å². The van der Waals surface area contributed by atoms with Crippen molar-refractivity contribution in [3.05, 3.63) is 0 Å². The second kappa shape index (κ2) is 4.49. The molecule has 0 bridgehead atoms. The Hall–Kier alpha value is -0.0800. The first-order valence-electron chi connectivity index (χ1n) is 7.90. The van der Waals surface area contributed by atoms with Gasteiger partial charge in [0.2, 0.25) is 0 Å². The molecule has 0 aromatic carbocycles. The highest BCUT2D eigenvalue weighted by atomic mass is 16.5. The van der Waals surface area contributed by atoms with Crippen molar-refractivity contribution in [2.75, 3.05) is 6.54 Å². The molecule has 0 aromatic rings. The molecule has 1 aliphatic carbocycles. The quantitative estimate of drug-likeness (QED) is 0.651. The number of fused-ring (bicyclic) bond motifs is 2. The maximum Gasteiger partial charge on any atom is 0.111 e. The van der Waals surface area contributed by atoms with Gasteiger partial charge in [0.05, 0.1) is 6.10 Å². The molecule has 0 amide bonds. The predicted molar refractivity (Wildman–Crippen MR) is 74.3 cm³/mol. The minimum Gasteiger partial charge on any atom is -0.360 e. The summed E-state index contributed by atoms with van der Waals surface area (Å²) in [4.78, 5) is 2.67. The van der Waals surface area contributed by atoms with Gasteiger partial charge >= 0.3 is 0 Å². The zero-order valence-corrected chi connectivity index (χ0v) is 12.5. The first-order valence-corrected chi connectivity index (χ1v) is 7.90. The fraction of sp³-hybridized carbons (Fsp3) is 1.00. The molecule has 5 atom stereocenters. The van der Waals surface area contributed by atoms with Crippen LogP contribution in [-0.2, 0) is 4.74 Å². The van der Waals surface area contributed by atoms with E-state index in [-0.39, 0.29) is 0 Å². The SMILES string of the molecule is C[C@@H]1CC[C@@H]2[C@@H](C1)O[C@H]1C[C@@H](C)CCN1C2(C)C. The Bertz CT molecular complexity index is 286. The standard InChI is InChI=1S/C16H29NO/c1-11-5-6-13-14(9-11)18-15-10-12(2)7-8-17(15)16(13,3)4/h11-15H,5-10H2,1-4H3/t11-,12+,13-,14-,15+/m1/s1. The van der Waals surface area contributed by atoms with Crippen LogP contribution >= 0.6 is 0 Å². The summed E-state index contributed by atoms with van der Waals surface area (Å²) < 4.78 is 6.50. The molecule has 0 spiro atoms. The minimum atomic E-state index is 0.341. The van der Waals surface area contributed by atoms with Gasteiger partial charge in [-0.2, -0.15) is 0 Å². The second-order valence-electron chi connectivity index (χ2n) is 7.63. The van der Waals surface area contributed by atoms with Crippen LogP contribution in [0, 0.1) is 17.8 Å². The van der Waals surface area contributed by atoms with Crippen molar-refractivity contribution < 1.29 is 4.74 Å². The van der Waals surface area contributed by atoms with Gasteiger partial charge in [0.1, 0.15) is 6.23 Å². The fourth-order valence-electron chi connectivity index (χ4n) is 4.58. The maximum absolute atomic E-state index is 6.50. The normalized spacial score (nSPS) is 48.3. The van der Waals surface area contributed by atoms with E-state index in [4.69, 9.17) is 4.74 Å². The highest BCUT2D eigenvalue weighted by Crippen LogP contribution is 2.47. The Morgan fingerprint density at radius 2 is 1.72 bits per heavy atom. The van der Waals surface area contributed by atoms with E-state index in [1.54, 1.807) is 0 Å². The molecular weight excluding hydrogens is 222 g/mol. The molecule has 1 saturated carbocycles. The van der Waals surface area contributed by atoms with Gasteiger partial charge in [0.15, 0.2) is 0 Å². The van der Waals surface area contributed by atoms with Crippen LogP contribution in [0.1, 0.15) is 59.8 Å². The molecular formula is C16H29NO. The topological polar surface area (TPSA) is 12.5 Å². The molecule has 3 fully saturated rings. The molecule has 3 aliphatic rings. The van der Waals surface area contributed by atoms with E-state index < -0.39 is 0 Å². The molecule has 0 radical (unpaired) electrons. The number of ether oxygens (including phenoxy) is 1. The average Bonchev–Trinajstić information content (AvgIpc) is 2.27. The second-order valence-corrected chi connectivity index (χ2v) is 7.63. The largest absolute Gasteiger partial charge is 0.360 e. The summed E-state index contributed by atoms with van der Waals surface area (Å²) in [6.07, 6.45) is 7.54. The third-order valence-electron chi connectivity index (χ3n) is 5.85. The molecule has 2 saturated heterocycles. The summed E-state index contributed by atoms with van der Waals surface area (Å²) in [5.41, 5.74) is 0.341. The summed E-state index contributed by atoms with van der Waals surface area (Å²) >= 11 is 0. The van der Waals surface area contributed by atoms with Crippen molar-refractivity contribution in [1.82, 2.24) is 4.90 Å². The Morgan fingerprint density at radius 1 is 1.00 bits per heavy atom. The third kappa shape index (κ3) is 2.02. The molecule has 2 nitrogen and oxygen atoms in total. The molecule has 0 aromatic heterocycles. The van der Waals surface area contributed by atoms with E-state index in [9.17, 15) is 0 Å². The molecule has 2 heteroatoms. The van der Waals surface area contributed by atoms with Crippen molar-refractivity contribution in [1.29, 1.82) is 0 Å². The molecule has 104 valence electrons. The number of hydrogen-bond donors (Lipinski definition) is 0. The van der Waals surface area contributed by atoms with Crippen molar-refractivity contribution in [3.8, 4) is 0 Å². The maximum atomic E-state index is 6.50. The molecule has 3 rings (SSSR count). The number of hydrogen-bond acceptors (Lipinski definition) is 2. The lowest BCUT2D eigenvalue weighted by Gasteiger charge is -2.59. The molecule has 0 unspecified atom stereocenters. The smallest absolute Gasteiger partial charge is 0.111 e. The highest BCUT2D eigenvalue weighted by Gasteiger charge is 2.51. The van der Waals surface area contributed by atoms with Gasteiger partial charge in [-0.15, -0.1) is 0 Å². The monoisotopic (exact) mass is 251 g/mol. The summed E-state index contributed by atoms with van der Waals surface area (Å²) in [5, 5.41) is 0. The van der Waals surface area contributed by atoms with Crippen LogP contribution in [0.3, 0.4) is 0 Å². The van der Waals surface area contributed by atoms with Gasteiger partial charge in [0, 0.05) is 18.0 Å². The highest BCUT2D eigenvalue weighted by molar-refractivity contribution is 5.01. The number of nitrogens with zero attached hydrogens (tertiary/aromatic N) is 1. The molecule has 18 heavy (non-hydrogen) atoms. The van der Waals surface area contributed by atoms with Crippen LogP contribution < -0.4 is 0 Å². The lowest BCUT2D eigenvalue weighted by Crippen LogP contribution is -2.66. The van der Waals surface area contributed by atoms with Crippen molar-refractivity contribution in [3.63, 3.8) is 0 Å². The minimum absolute atomic E-state index is 0.341. The summed E-state index contributed by atoms with van der Waals surface area (Å²) in [6, 6.07) is 0. The van der Waals surface area contributed by atoms with Crippen LogP contribution in [0.5, 0.6) is 0 Å². The third-order valence-corrected chi connectivity index (χ3v) is 5.85. The Kier molecular flexibility index (Phi) is 3.22. The zero-order valence-electron chi connectivity index (χ0n) is 12.5. The lowest BCUT2D eigenvalue weighted by molar-refractivity contribution is -0.247. The van der Waals surface area contributed by atoms with Gasteiger partial charge in [-0.25, -0.2) is 0 Å². The van der Waals surface area contributed by atoms with Gasteiger partial charge in [-0.1, -0.05) is 20.3 Å². The van der Waals surface area contributed by atoms with E-state index in [0.29, 0.717) is 17.9 Å². The van der Waals surface area contributed by atoms with Crippen molar-refractivity contribution >= 4 is 0 Å². The summed E-state index contributed by atoms with van der Waals surface area (Å²) in [7, 11) is 0. The molecule has 2 aliphatic heterocycles. The fourth-order valence-corrected chi connectivity index (χ4v) is 4.58. The van der Waals surface area contributed by atoms with E-state index in [1.165, 1.54) is 38.6 Å². The van der Waals surface area contributed by atoms with E-state index in [2.05, 4.69) is 32.6 Å². The van der Waals surface area contributed by atoms with Crippen LogP contribution in [-0.4, -0.2) is 29.3 Å². The average molecular weight is 251 g/mol. The molecule has 2 heterocycles. The molecule has 0 N–H and O–H groups in total. The predicted octanol–water partition coefficient (Wildman–Crippen LogP) is 3.66. The van der Waals surface area contributed by atoms with E-state index >= 15 is 0 Å². The number of rotatable bonds is 0. The lowest BCUT2D eigenvalue weighted by atomic mass is 9.69. The Balaban J connectivity index is 1.82. The van der Waals surface area contributed by atoms with Gasteiger partial charge in [-0.3, -0.25) is 4.90 Å². The zero-order chi connectivity index (χ0) is 12.9. The van der Waals surface area contributed by atoms with Crippen LogP contribution in [0.4, 0.5) is 0 Å². The van der Waals surface area contributed by atoms with Crippen LogP contribution in [0.2, 0.25) is 0 Å². The van der Waals surface area contributed by atoms with Gasteiger partial charge in [-0.05, 0) is 51.4 Å². The van der Waals surface area contributed by atoms with Crippen molar-refractivity contribution in [2.24, 2.45) is 17.8 Å². The first kappa shape index (κ1) is 12.9. The first-order chi connectivity index (χ1) is 8.48. The van der Waals surface area contributed by atoms with Crippen LogP contribution in [0.25, 0.3) is 0 Å². The summed E-state index contributed by atoms with van der Waals surface area (Å²) in [5.74, 6) is 2.44.